The van der Waals surface area contributed by atoms with Gasteiger partial charge in [0, 0.05) is 14.9 Å². The van der Waals surface area contributed by atoms with Crippen molar-refractivity contribution in [2.75, 3.05) is 6.54 Å². The third-order valence-electron chi connectivity index (χ3n) is 2.68. The van der Waals surface area contributed by atoms with Gasteiger partial charge in [-0.2, -0.15) is 0 Å². The van der Waals surface area contributed by atoms with Crippen LogP contribution in [-0.2, 0) is 6.54 Å². The SMILES string of the molecule is NCC#Cc1ccsc1CNC(=O)c1cc(Br)ccc1O. The number of carbonyl (C=O) groups excluding carboxylic acids is 1. The van der Waals surface area contributed by atoms with Gasteiger partial charge in [-0.05, 0) is 29.6 Å². The van der Waals surface area contributed by atoms with E-state index in [4.69, 9.17) is 5.73 Å². The van der Waals surface area contributed by atoms with E-state index in [1.807, 2.05) is 11.4 Å². The van der Waals surface area contributed by atoms with E-state index in [1.54, 1.807) is 12.1 Å². The molecule has 21 heavy (non-hydrogen) atoms. The number of benzene rings is 1. The molecule has 6 heteroatoms. The van der Waals surface area contributed by atoms with E-state index in [0.717, 1.165) is 14.9 Å². The summed E-state index contributed by atoms with van der Waals surface area (Å²) in [7, 11) is 0. The molecule has 1 amide bonds. The second-order valence-corrected chi connectivity index (χ2v) is 6.02. The number of rotatable bonds is 3. The van der Waals surface area contributed by atoms with Crippen LogP contribution in [0.15, 0.2) is 34.1 Å². The van der Waals surface area contributed by atoms with Gasteiger partial charge >= 0.3 is 0 Å². The molecule has 0 unspecified atom stereocenters. The summed E-state index contributed by atoms with van der Waals surface area (Å²) in [6.07, 6.45) is 0. The summed E-state index contributed by atoms with van der Waals surface area (Å²) in [5.41, 5.74) is 6.45. The number of phenols is 1. The van der Waals surface area contributed by atoms with Crippen molar-refractivity contribution in [2.24, 2.45) is 5.73 Å². The van der Waals surface area contributed by atoms with Gasteiger partial charge in [0.1, 0.15) is 5.75 Å². The minimum atomic E-state index is -0.333. The molecule has 4 nitrogen and oxygen atoms in total. The van der Waals surface area contributed by atoms with Crippen LogP contribution in [0.25, 0.3) is 0 Å². The predicted octanol–water partition coefficient (Wildman–Crippen LogP) is 2.46. The van der Waals surface area contributed by atoms with Gasteiger partial charge in [-0.15, -0.1) is 11.3 Å². The molecule has 2 rings (SSSR count). The van der Waals surface area contributed by atoms with Crippen LogP contribution >= 0.6 is 27.3 Å². The van der Waals surface area contributed by atoms with Crippen molar-refractivity contribution >= 4 is 33.2 Å². The number of carbonyl (C=O) groups is 1. The summed E-state index contributed by atoms with van der Waals surface area (Å²) < 4.78 is 0.732. The highest BCUT2D eigenvalue weighted by Crippen LogP contribution is 2.22. The molecular formula is C15H13BrN2O2S. The average molecular weight is 365 g/mol. The van der Waals surface area contributed by atoms with Gasteiger partial charge in [0.25, 0.3) is 5.91 Å². The molecule has 0 saturated carbocycles. The highest BCUT2D eigenvalue weighted by Gasteiger charge is 2.12. The number of hydrogen-bond acceptors (Lipinski definition) is 4. The van der Waals surface area contributed by atoms with Crippen molar-refractivity contribution < 1.29 is 9.90 Å². The van der Waals surface area contributed by atoms with Gasteiger partial charge in [-0.25, -0.2) is 0 Å². The first-order valence-electron chi connectivity index (χ1n) is 6.14. The largest absolute Gasteiger partial charge is 0.507 e. The monoisotopic (exact) mass is 364 g/mol. The number of amides is 1. The standard InChI is InChI=1S/C15H13BrN2O2S/c16-11-3-4-13(19)12(8-11)15(20)18-9-14-10(2-1-6-17)5-7-21-14/h3-5,7-8,19H,6,9,17H2,(H,18,20). The van der Waals surface area contributed by atoms with Crippen LogP contribution in [0, 0.1) is 11.8 Å². The van der Waals surface area contributed by atoms with Crippen molar-refractivity contribution in [2.45, 2.75) is 6.54 Å². The maximum absolute atomic E-state index is 12.1. The van der Waals surface area contributed by atoms with E-state index in [-0.39, 0.29) is 17.2 Å². The summed E-state index contributed by atoms with van der Waals surface area (Å²) in [4.78, 5) is 13.1. The minimum absolute atomic E-state index is 0.0509. The molecular weight excluding hydrogens is 352 g/mol. The highest BCUT2D eigenvalue weighted by molar-refractivity contribution is 9.10. The van der Waals surface area contributed by atoms with Crippen molar-refractivity contribution in [3.63, 3.8) is 0 Å². The molecule has 0 saturated heterocycles. The fourth-order valence-electron chi connectivity index (χ4n) is 1.68. The maximum Gasteiger partial charge on any atom is 0.255 e. The molecule has 0 bridgehead atoms. The number of thiophene rings is 1. The summed E-state index contributed by atoms with van der Waals surface area (Å²) in [6, 6.07) is 6.62. The van der Waals surface area contributed by atoms with Crippen LogP contribution in [-0.4, -0.2) is 17.6 Å². The zero-order chi connectivity index (χ0) is 15.2. The summed E-state index contributed by atoms with van der Waals surface area (Å²) in [5.74, 6) is 5.37. The first kappa shape index (κ1) is 15.6. The van der Waals surface area contributed by atoms with Crippen LogP contribution in [0.4, 0.5) is 0 Å². The van der Waals surface area contributed by atoms with Crippen molar-refractivity contribution in [3.05, 3.63) is 50.1 Å². The van der Waals surface area contributed by atoms with Crippen molar-refractivity contribution in [3.8, 4) is 17.6 Å². The smallest absolute Gasteiger partial charge is 0.255 e. The number of halogens is 1. The van der Waals surface area contributed by atoms with E-state index in [9.17, 15) is 9.90 Å². The lowest BCUT2D eigenvalue weighted by Crippen LogP contribution is -2.22. The molecule has 1 aromatic carbocycles. The summed E-state index contributed by atoms with van der Waals surface area (Å²) in [6.45, 7) is 0.657. The van der Waals surface area contributed by atoms with Crippen LogP contribution in [0.3, 0.4) is 0 Å². The van der Waals surface area contributed by atoms with Gasteiger partial charge < -0.3 is 16.2 Å². The lowest BCUT2D eigenvalue weighted by molar-refractivity contribution is 0.0948. The second-order valence-electron chi connectivity index (χ2n) is 4.11. The van der Waals surface area contributed by atoms with E-state index in [1.165, 1.54) is 17.4 Å². The predicted molar refractivity (Wildman–Crippen MR) is 87.2 cm³/mol. The van der Waals surface area contributed by atoms with E-state index >= 15 is 0 Å². The Morgan fingerprint density at radius 1 is 1.43 bits per heavy atom. The Kier molecular flexibility index (Phi) is 5.39. The molecule has 0 spiro atoms. The Labute approximate surface area is 135 Å². The number of nitrogens with one attached hydrogen (secondary N) is 1. The Morgan fingerprint density at radius 2 is 2.24 bits per heavy atom. The highest BCUT2D eigenvalue weighted by atomic mass is 79.9. The zero-order valence-corrected chi connectivity index (χ0v) is 13.4. The van der Waals surface area contributed by atoms with E-state index in [0.29, 0.717) is 13.1 Å². The first-order valence-corrected chi connectivity index (χ1v) is 7.81. The average Bonchev–Trinajstić information content (AvgIpc) is 2.92. The minimum Gasteiger partial charge on any atom is -0.507 e. The van der Waals surface area contributed by atoms with Gasteiger partial charge in [0.2, 0.25) is 0 Å². The third-order valence-corrected chi connectivity index (χ3v) is 4.10. The van der Waals surface area contributed by atoms with Gasteiger partial charge in [0.15, 0.2) is 0 Å². The second kappa shape index (κ2) is 7.27. The lowest BCUT2D eigenvalue weighted by Gasteiger charge is -2.06. The molecule has 0 atom stereocenters. The molecule has 1 aromatic heterocycles. The normalized spacial score (nSPS) is 9.81. The maximum atomic E-state index is 12.1. The number of nitrogens with two attached hydrogens (primary N) is 1. The van der Waals surface area contributed by atoms with Gasteiger partial charge in [0.05, 0.1) is 18.7 Å². The summed E-state index contributed by atoms with van der Waals surface area (Å²) >= 11 is 4.79. The van der Waals surface area contributed by atoms with Crippen molar-refractivity contribution in [1.29, 1.82) is 0 Å². The van der Waals surface area contributed by atoms with Crippen LogP contribution in [0.2, 0.25) is 0 Å². The van der Waals surface area contributed by atoms with Crippen LogP contribution < -0.4 is 11.1 Å². The fourth-order valence-corrected chi connectivity index (χ4v) is 2.81. The van der Waals surface area contributed by atoms with E-state index in [2.05, 4.69) is 33.1 Å². The molecule has 108 valence electrons. The molecule has 2 aromatic rings. The van der Waals surface area contributed by atoms with Crippen molar-refractivity contribution in [1.82, 2.24) is 5.32 Å². The molecule has 0 fully saturated rings. The Bertz CT molecular complexity index is 716. The molecule has 4 N–H and O–H groups in total. The number of hydrogen-bond donors (Lipinski definition) is 3. The van der Waals surface area contributed by atoms with Gasteiger partial charge in [-0.3, -0.25) is 4.79 Å². The molecule has 0 aliphatic heterocycles. The molecule has 0 aliphatic carbocycles. The fraction of sp³-hybridized carbons (Fsp3) is 0.133. The Morgan fingerprint density at radius 3 is 3.00 bits per heavy atom. The quantitative estimate of drug-likeness (QED) is 0.732. The zero-order valence-electron chi connectivity index (χ0n) is 11.0. The number of phenolic OH excluding ortho intramolecular Hbond substituents is 1. The third kappa shape index (κ3) is 4.08. The Balaban J connectivity index is 2.08. The lowest BCUT2D eigenvalue weighted by atomic mass is 10.2. The van der Waals surface area contributed by atoms with Crippen LogP contribution in [0.1, 0.15) is 20.8 Å². The molecule has 1 heterocycles. The molecule has 0 radical (unpaired) electrons. The topological polar surface area (TPSA) is 75.3 Å². The summed E-state index contributed by atoms with van der Waals surface area (Å²) in [5, 5.41) is 14.4. The first-order chi connectivity index (χ1) is 10.1. The van der Waals surface area contributed by atoms with Gasteiger partial charge in [-0.1, -0.05) is 27.8 Å². The number of aromatic hydroxyl groups is 1. The molecule has 0 aliphatic rings. The van der Waals surface area contributed by atoms with E-state index < -0.39 is 0 Å². The van der Waals surface area contributed by atoms with Crippen LogP contribution in [0.5, 0.6) is 5.75 Å². The Hall–Kier alpha value is -1.81.